The molecule has 0 aliphatic rings. The Morgan fingerprint density at radius 2 is 2.20 bits per heavy atom. The van der Waals surface area contributed by atoms with Gasteiger partial charge in [0.1, 0.15) is 0 Å². The minimum atomic E-state index is -0.0401. The summed E-state index contributed by atoms with van der Waals surface area (Å²) in [5, 5.41) is 4.29. The Kier molecular flexibility index (Phi) is 4.24. The van der Waals surface area contributed by atoms with Crippen molar-refractivity contribution < 1.29 is 4.79 Å². The summed E-state index contributed by atoms with van der Waals surface area (Å²) in [5.74, 6) is -0.0401. The van der Waals surface area contributed by atoms with Gasteiger partial charge < -0.3 is 16.0 Å². The quantitative estimate of drug-likeness (QED) is 0.848. The molecule has 2 aromatic rings. The molecular formula is C14H18N4OS. The van der Waals surface area contributed by atoms with E-state index < -0.39 is 0 Å². The van der Waals surface area contributed by atoms with Crippen molar-refractivity contribution in [1.82, 2.24) is 9.88 Å². The number of nitrogens with zero attached hydrogens (tertiary/aromatic N) is 2. The molecule has 0 aliphatic heterocycles. The minimum absolute atomic E-state index is 0.0401. The first-order valence-electron chi connectivity index (χ1n) is 6.23. The minimum Gasteiger partial charge on any atom is -0.397 e. The molecule has 0 saturated carbocycles. The van der Waals surface area contributed by atoms with Crippen molar-refractivity contribution in [3.8, 4) is 0 Å². The van der Waals surface area contributed by atoms with Crippen molar-refractivity contribution in [2.75, 3.05) is 25.1 Å². The van der Waals surface area contributed by atoms with E-state index in [1.165, 1.54) is 0 Å². The number of aromatic nitrogens is 1. The van der Waals surface area contributed by atoms with Gasteiger partial charge >= 0.3 is 0 Å². The lowest BCUT2D eigenvalue weighted by Gasteiger charge is -2.13. The number of hydrogen-bond donors (Lipinski definition) is 2. The van der Waals surface area contributed by atoms with Gasteiger partial charge in [0.15, 0.2) is 0 Å². The second-order valence-electron chi connectivity index (χ2n) is 4.70. The van der Waals surface area contributed by atoms with Crippen LogP contribution in [0.3, 0.4) is 0 Å². The Bertz CT molecular complexity index is 621. The van der Waals surface area contributed by atoms with E-state index in [0.717, 1.165) is 15.6 Å². The monoisotopic (exact) mass is 290 g/mol. The molecule has 106 valence electrons. The standard InChI is InChI=1S/C14H18N4OS/c1-9-16-7-11(20-9)8-17-13-6-10(4-5-12(13)15)14(19)18(2)3/h4-7,17H,8,15H2,1-3H3. The SMILES string of the molecule is Cc1ncc(CNc2cc(C(=O)N(C)C)ccc2N)s1. The number of nitrogen functional groups attached to an aromatic ring is 1. The van der Waals surface area contributed by atoms with Crippen LogP contribution in [0.15, 0.2) is 24.4 Å². The average molecular weight is 290 g/mol. The highest BCUT2D eigenvalue weighted by Crippen LogP contribution is 2.22. The summed E-state index contributed by atoms with van der Waals surface area (Å²) in [6, 6.07) is 5.27. The molecule has 5 nitrogen and oxygen atoms in total. The van der Waals surface area contributed by atoms with Crippen LogP contribution in [0.1, 0.15) is 20.2 Å². The molecule has 0 atom stereocenters. The number of hydrogen-bond acceptors (Lipinski definition) is 5. The van der Waals surface area contributed by atoms with Crippen LogP contribution >= 0.6 is 11.3 Å². The predicted molar refractivity (Wildman–Crippen MR) is 83.0 cm³/mol. The van der Waals surface area contributed by atoms with Gasteiger partial charge in [0.05, 0.1) is 22.9 Å². The van der Waals surface area contributed by atoms with Crippen LogP contribution < -0.4 is 11.1 Å². The molecule has 0 spiro atoms. The topological polar surface area (TPSA) is 71.2 Å². The molecule has 0 saturated heterocycles. The first-order valence-corrected chi connectivity index (χ1v) is 7.05. The molecule has 1 heterocycles. The predicted octanol–water partition coefficient (Wildman–Crippen LogP) is 2.35. The summed E-state index contributed by atoms with van der Waals surface area (Å²) in [5.41, 5.74) is 7.95. The molecule has 0 unspecified atom stereocenters. The molecule has 20 heavy (non-hydrogen) atoms. The van der Waals surface area contributed by atoms with Gasteiger partial charge in [0, 0.05) is 30.7 Å². The van der Waals surface area contributed by atoms with E-state index in [4.69, 9.17) is 5.73 Å². The van der Waals surface area contributed by atoms with E-state index in [0.29, 0.717) is 17.8 Å². The Hall–Kier alpha value is -2.08. The van der Waals surface area contributed by atoms with Crippen molar-refractivity contribution in [3.05, 3.63) is 39.8 Å². The van der Waals surface area contributed by atoms with Crippen LogP contribution in [0.25, 0.3) is 0 Å². The summed E-state index contributed by atoms with van der Waals surface area (Å²) in [4.78, 5) is 18.8. The van der Waals surface area contributed by atoms with E-state index in [9.17, 15) is 4.79 Å². The number of amides is 1. The number of rotatable bonds is 4. The molecular weight excluding hydrogens is 272 g/mol. The zero-order valence-electron chi connectivity index (χ0n) is 11.8. The number of anilines is 2. The maximum Gasteiger partial charge on any atom is 0.253 e. The highest BCUT2D eigenvalue weighted by Gasteiger charge is 2.10. The first-order chi connectivity index (χ1) is 9.47. The van der Waals surface area contributed by atoms with Gasteiger partial charge in [-0.1, -0.05) is 0 Å². The summed E-state index contributed by atoms with van der Waals surface area (Å²) in [7, 11) is 3.46. The fourth-order valence-electron chi connectivity index (χ4n) is 1.77. The second kappa shape index (κ2) is 5.92. The van der Waals surface area contributed by atoms with E-state index in [1.54, 1.807) is 48.5 Å². The molecule has 0 fully saturated rings. The molecule has 0 radical (unpaired) electrons. The van der Waals surface area contributed by atoms with Gasteiger partial charge in [-0.15, -0.1) is 11.3 Å². The number of benzene rings is 1. The van der Waals surface area contributed by atoms with Crippen LogP contribution in [0.4, 0.5) is 11.4 Å². The number of thiazole rings is 1. The van der Waals surface area contributed by atoms with Crippen molar-refractivity contribution in [3.63, 3.8) is 0 Å². The summed E-state index contributed by atoms with van der Waals surface area (Å²) >= 11 is 1.64. The van der Waals surface area contributed by atoms with E-state index in [2.05, 4.69) is 10.3 Å². The summed E-state index contributed by atoms with van der Waals surface area (Å²) in [6.07, 6.45) is 1.85. The van der Waals surface area contributed by atoms with Crippen molar-refractivity contribution in [2.24, 2.45) is 0 Å². The van der Waals surface area contributed by atoms with Crippen molar-refractivity contribution in [1.29, 1.82) is 0 Å². The lowest BCUT2D eigenvalue weighted by Crippen LogP contribution is -2.21. The number of aryl methyl sites for hydroxylation is 1. The molecule has 1 aromatic heterocycles. The summed E-state index contributed by atoms with van der Waals surface area (Å²) < 4.78 is 0. The maximum absolute atomic E-state index is 11.9. The Balaban J connectivity index is 2.14. The Labute approximate surface area is 122 Å². The molecule has 0 aliphatic carbocycles. The van der Waals surface area contributed by atoms with Crippen LogP contribution in [-0.4, -0.2) is 29.9 Å². The fraction of sp³-hybridized carbons (Fsp3) is 0.286. The smallest absolute Gasteiger partial charge is 0.253 e. The van der Waals surface area contributed by atoms with Crippen molar-refractivity contribution in [2.45, 2.75) is 13.5 Å². The first kappa shape index (κ1) is 14.3. The molecule has 3 N–H and O–H groups in total. The third kappa shape index (κ3) is 3.27. The van der Waals surface area contributed by atoms with Crippen molar-refractivity contribution >= 4 is 28.6 Å². The van der Waals surface area contributed by atoms with Gasteiger partial charge in [0.2, 0.25) is 0 Å². The van der Waals surface area contributed by atoms with Gasteiger partial charge in [-0.25, -0.2) is 4.98 Å². The largest absolute Gasteiger partial charge is 0.397 e. The normalized spacial score (nSPS) is 10.3. The van der Waals surface area contributed by atoms with Gasteiger partial charge in [-0.05, 0) is 25.1 Å². The number of nitrogens with one attached hydrogen (secondary N) is 1. The van der Waals surface area contributed by atoms with E-state index >= 15 is 0 Å². The third-order valence-electron chi connectivity index (χ3n) is 2.83. The number of carbonyl (C=O) groups is 1. The van der Waals surface area contributed by atoms with E-state index in [1.807, 2.05) is 13.1 Å². The molecule has 1 aromatic carbocycles. The van der Waals surface area contributed by atoms with E-state index in [-0.39, 0.29) is 5.91 Å². The van der Waals surface area contributed by atoms with Gasteiger partial charge in [0.25, 0.3) is 5.91 Å². The molecule has 2 rings (SSSR count). The molecule has 6 heteroatoms. The summed E-state index contributed by atoms with van der Waals surface area (Å²) in [6.45, 7) is 2.62. The zero-order chi connectivity index (χ0) is 14.7. The fourth-order valence-corrected chi connectivity index (χ4v) is 2.50. The second-order valence-corrected chi connectivity index (χ2v) is 6.02. The molecule has 1 amide bonds. The number of nitrogens with two attached hydrogens (primary N) is 1. The zero-order valence-corrected chi connectivity index (χ0v) is 12.6. The van der Waals surface area contributed by atoms with Crippen LogP contribution in [0, 0.1) is 6.92 Å². The van der Waals surface area contributed by atoms with Crippen LogP contribution in [-0.2, 0) is 6.54 Å². The average Bonchev–Trinajstić information content (AvgIpc) is 2.82. The maximum atomic E-state index is 11.9. The lowest BCUT2D eigenvalue weighted by molar-refractivity contribution is 0.0827. The Morgan fingerprint density at radius 1 is 1.45 bits per heavy atom. The highest BCUT2D eigenvalue weighted by atomic mass is 32.1. The molecule has 0 bridgehead atoms. The van der Waals surface area contributed by atoms with Gasteiger partial charge in [-0.3, -0.25) is 4.79 Å². The Morgan fingerprint density at radius 3 is 2.80 bits per heavy atom. The number of carbonyl (C=O) groups excluding carboxylic acids is 1. The lowest BCUT2D eigenvalue weighted by atomic mass is 10.1. The third-order valence-corrected chi connectivity index (χ3v) is 3.74. The van der Waals surface area contributed by atoms with Crippen LogP contribution in [0.2, 0.25) is 0 Å². The van der Waals surface area contributed by atoms with Gasteiger partial charge in [-0.2, -0.15) is 0 Å². The highest BCUT2D eigenvalue weighted by molar-refractivity contribution is 7.11. The van der Waals surface area contributed by atoms with Crippen LogP contribution in [0.5, 0.6) is 0 Å².